The van der Waals surface area contributed by atoms with Crippen LogP contribution in [-0.2, 0) is 52.8 Å². The van der Waals surface area contributed by atoms with Crippen LogP contribution in [0, 0.1) is 0 Å². The Morgan fingerprint density at radius 2 is 1.58 bits per heavy atom. The van der Waals surface area contributed by atoms with E-state index in [2.05, 4.69) is 43.5 Å². The summed E-state index contributed by atoms with van der Waals surface area (Å²) in [6.07, 6.45) is 6.19. The van der Waals surface area contributed by atoms with Crippen LogP contribution >= 0.6 is 0 Å². The second kappa shape index (κ2) is 19.2. The number of pyridine rings is 1. The summed E-state index contributed by atoms with van der Waals surface area (Å²) in [5.74, 6) is 0.378. The van der Waals surface area contributed by atoms with E-state index in [1.807, 2.05) is 27.9 Å². The lowest BCUT2D eigenvalue weighted by molar-refractivity contribution is -0.133. The zero-order valence-corrected chi connectivity index (χ0v) is 30.1. The molecular formula is C37H47N9O7. The summed E-state index contributed by atoms with van der Waals surface area (Å²) in [7, 11) is 0. The van der Waals surface area contributed by atoms with Crippen molar-refractivity contribution in [2.24, 2.45) is 0 Å². The summed E-state index contributed by atoms with van der Waals surface area (Å²) in [5.41, 5.74) is 12.8. The van der Waals surface area contributed by atoms with Gasteiger partial charge >= 0.3 is 0 Å². The minimum Gasteiger partial charge on any atom is -0.383 e. The number of benzene rings is 1. The molecule has 4 N–H and O–H groups in total. The zero-order valence-electron chi connectivity index (χ0n) is 30.1. The van der Waals surface area contributed by atoms with Crippen molar-refractivity contribution in [3.8, 4) is 11.3 Å². The molecule has 53 heavy (non-hydrogen) atoms. The lowest BCUT2D eigenvalue weighted by atomic mass is 9.97. The van der Waals surface area contributed by atoms with E-state index >= 15 is 0 Å². The molecule has 5 heterocycles. The number of H-pyrrole nitrogens is 1. The monoisotopic (exact) mass is 729 g/mol. The SMILES string of the molecule is CC(=O)NCCOCCOCCOCCOCCOCCC(=O)N1CCc2cc(Cn3nc(-c4cnc5[nH]ccc5c4)c4c(N)ncnc43)ccc2C1. The van der Waals surface area contributed by atoms with Crippen LogP contribution in [0.2, 0.25) is 0 Å². The molecule has 16 nitrogen and oxygen atoms in total. The van der Waals surface area contributed by atoms with Gasteiger partial charge < -0.3 is 44.6 Å². The van der Waals surface area contributed by atoms with Crippen molar-refractivity contribution in [3.05, 3.63) is 65.7 Å². The Bertz CT molecular complexity index is 1960. The van der Waals surface area contributed by atoms with Gasteiger partial charge in [0.1, 0.15) is 23.5 Å². The number of hydrogen-bond donors (Lipinski definition) is 3. The fourth-order valence-corrected chi connectivity index (χ4v) is 6.10. The molecule has 1 aliphatic heterocycles. The van der Waals surface area contributed by atoms with Gasteiger partial charge in [0.05, 0.1) is 84.4 Å². The maximum Gasteiger partial charge on any atom is 0.225 e. The molecule has 4 aromatic heterocycles. The van der Waals surface area contributed by atoms with Gasteiger partial charge in [0.15, 0.2) is 5.65 Å². The highest BCUT2D eigenvalue weighted by Crippen LogP contribution is 2.32. The zero-order chi connectivity index (χ0) is 36.8. The molecular weight excluding hydrogens is 682 g/mol. The number of nitrogens with two attached hydrogens (primary N) is 1. The van der Waals surface area contributed by atoms with Gasteiger partial charge in [-0.05, 0) is 35.2 Å². The van der Waals surface area contributed by atoms with Gasteiger partial charge in [-0.15, -0.1) is 0 Å². The van der Waals surface area contributed by atoms with E-state index in [9.17, 15) is 9.59 Å². The minimum absolute atomic E-state index is 0.0698. The number of nitrogen functional groups attached to an aromatic ring is 1. The number of fused-ring (bicyclic) bond motifs is 3. The summed E-state index contributed by atoms with van der Waals surface area (Å²) >= 11 is 0. The first-order valence-corrected chi connectivity index (χ1v) is 17.9. The van der Waals surface area contributed by atoms with Crippen LogP contribution in [0.1, 0.15) is 30.0 Å². The Balaban J connectivity index is 0.868. The van der Waals surface area contributed by atoms with Crippen molar-refractivity contribution < 1.29 is 33.3 Å². The van der Waals surface area contributed by atoms with E-state index in [0.29, 0.717) is 121 Å². The second-order valence-electron chi connectivity index (χ2n) is 12.6. The number of nitrogens with zero attached hydrogens (tertiary/aromatic N) is 6. The fraction of sp³-hybridized carbons (Fsp3) is 0.459. The van der Waals surface area contributed by atoms with Gasteiger partial charge in [0, 0.05) is 49.9 Å². The van der Waals surface area contributed by atoms with Crippen LogP contribution in [0.3, 0.4) is 0 Å². The quantitative estimate of drug-likeness (QED) is 0.0936. The molecule has 1 aromatic carbocycles. The molecule has 16 heteroatoms. The number of carbonyl (C=O) groups is 2. The summed E-state index contributed by atoms with van der Waals surface area (Å²) < 4.78 is 29.3. The van der Waals surface area contributed by atoms with Gasteiger partial charge in [-0.25, -0.2) is 19.6 Å². The Hall–Kier alpha value is -5.00. The highest BCUT2D eigenvalue weighted by atomic mass is 16.6. The van der Waals surface area contributed by atoms with Crippen molar-refractivity contribution in [1.82, 2.24) is 39.9 Å². The lowest BCUT2D eigenvalue weighted by Gasteiger charge is -2.29. The molecule has 0 saturated carbocycles. The molecule has 5 aromatic rings. The van der Waals surface area contributed by atoms with Crippen LogP contribution in [0.5, 0.6) is 0 Å². The van der Waals surface area contributed by atoms with E-state index in [0.717, 1.165) is 34.1 Å². The molecule has 0 saturated heterocycles. The topological polar surface area (TPSA) is 194 Å². The normalized spacial score (nSPS) is 12.8. The lowest BCUT2D eigenvalue weighted by Crippen LogP contribution is -2.36. The number of ether oxygens (including phenoxy) is 5. The molecule has 0 unspecified atom stereocenters. The maximum absolute atomic E-state index is 13.0. The molecule has 0 bridgehead atoms. The number of amides is 2. The van der Waals surface area contributed by atoms with Crippen molar-refractivity contribution in [3.63, 3.8) is 0 Å². The van der Waals surface area contributed by atoms with Gasteiger partial charge in [-0.1, -0.05) is 18.2 Å². The van der Waals surface area contributed by atoms with Crippen molar-refractivity contribution in [2.75, 3.05) is 84.9 Å². The Labute approximate surface area is 307 Å². The standard InChI is InChI=1S/C37H47N9O7/c1-26(47)39-8-11-50-13-15-52-17-19-53-18-16-51-14-12-49-10-6-32(48)45-9-5-28-20-27(2-3-30(28)24-45)23-46-37-33(35(38)42-25-43-37)34(44-46)31-21-29-4-7-40-36(29)41-22-31/h2-4,7,20-22,25H,5-6,8-19,23-24H2,1H3,(H,39,47)(H,40,41)(H2,38,42,43). The van der Waals surface area contributed by atoms with Crippen molar-refractivity contribution in [1.29, 1.82) is 0 Å². The average Bonchev–Trinajstić information content (AvgIpc) is 3.79. The maximum atomic E-state index is 13.0. The van der Waals surface area contributed by atoms with Crippen molar-refractivity contribution in [2.45, 2.75) is 32.9 Å². The number of nitrogens with one attached hydrogen (secondary N) is 2. The average molecular weight is 730 g/mol. The first-order chi connectivity index (χ1) is 26.0. The largest absolute Gasteiger partial charge is 0.383 e. The molecule has 1 aliphatic rings. The van der Waals surface area contributed by atoms with Gasteiger partial charge in [-0.2, -0.15) is 5.10 Å². The van der Waals surface area contributed by atoms with E-state index in [-0.39, 0.29) is 11.8 Å². The van der Waals surface area contributed by atoms with E-state index < -0.39 is 0 Å². The van der Waals surface area contributed by atoms with Crippen LogP contribution < -0.4 is 11.1 Å². The van der Waals surface area contributed by atoms with E-state index in [4.69, 9.17) is 34.5 Å². The molecule has 0 aliphatic carbocycles. The smallest absolute Gasteiger partial charge is 0.225 e. The number of rotatable bonds is 21. The third kappa shape index (κ3) is 10.5. The second-order valence-corrected chi connectivity index (χ2v) is 12.6. The number of aromatic amines is 1. The number of anilines is 1. The van der Waals surface area contributed by atoms with Crippen LogP contribution in [0.15, 0.2) is 49.1 Å². The third-order valence-corrected chi connectivity index (χ3v) is 8.77. The highest BCUT2D eigenvalue weighted by Gasteiger charge is 2.22. The predicted octanol–water partition coefficient (Wildman–Crippen LogP) is 2.49. The van der Waals surface area contributed by atoms with Crippen LogP contribution in [0.4, 0.5) is 5.82 Å². The summed E-state index contributed by atoms with van der Waals surface area (Å²) in [6, 6.07) is 10.4. The molecule has 0 atom stereocenters. The number of hydrogen-bond acceptors (Lipinski definition) is 12. The summed E-state index contributed by atoms with van der Waals surface area (Å²) in [6.45, 7) is 8.14. The van der Waals surface area contributed by atoms with E-state index in [1.165, 1.54) is 18.8 Å². The molecule has 0 radical (unpaired) electrons. The first-order valence-electron chi connectivity index (χ1n) is 17.9. The van der Waals surface area contributed by atoms with Crippen molar-refractivity contribution >= 4 is 39.7 Å². The first kappa shape index (κ1) is 37.7. The van der Waals surface area contributed by atoms with Gasteiger partial charge in [-0.3, -0.25) is 9.59 Å². The Morgan fingerprint density at radius 3 is 2.32 bits per heavy atom. The fourth-order valence-electron chi connectivity index (χ4n) is 6.10. The number of carbonyl (C=O) groups excluding carboxylic acids is 2. The highest BCUT2D eigenvalue weighted by molar-refractivity contribution is 5.99. The molecule has 0 fully saturated rings. The number of aromatic nitrogens is 6. The molecule has 6 rings (SSSR count). The minimum atomic E-state index is -0.0698. The van der Waals surface area contributed by atoms with Crippen LogP contribution in [-0.4, -0.2) is 126 Å². The van der Waals surface area contributed by atoms with Gasteiger partial charge in [0.2, 0.25) is 11.8 Å². The van der Waals surface area contributed by atoms with Gasteiger partial charge in [0.25, 0.3) is 0 Å². The summed E-state index contributed by atoms with van der Waals surface area (Å²) in [5, 5.41) is 9.28. The Kier molecular flexibility index (Phi) is 13.7. The third-order valence-electron chi connectivity index (χ3n) is 8.77. The summed E-state index contributed by atoms with van der Waals surface area (Å²) in [4.78, 5) is 42.0. The van der Waals surface area contributed by atoms with Crippen LogP contribution in [0.25, 0.3) is 33.3 Å². The predicted molar refractivity (Wildman–Crippen MR) is 197 cm³/mol. The van der Waals surface area contributed by atoms with E-state index in [1.54, 1.807) is 6.20 Å². The molecule has 282 valence electrons. The molecule has 0 spiro atoms. The Morgan fingerprint density at radius 1 is 0.868 bits per heavy atom. The molecule has 2 amide bonds.